The molecule has 78 valence electrons. The van der Waals surface area contributed by atoms with Crippen molar-refractivity contribution in [3.05, 3.63) is 0 Å². The minimum absolute atomic E-state index is 0.367. The quantitative estimate of drug-likeness (QED) is 0.564. The summed E-state index contributed by atoms with van der Waals surface area (Å²) < 4.78 is 4.27. The molecule has 0 aromatic rings. The maximum Gasteiger partial charge on any atom is 0.399 e. The van der Waals surface area contributed by atoms with E-state index in [4.69, 9.17) is 33.2 Å². The largest absolute Gasteiger partial charge is 0.399 e. The Morgan fingerprint density at radius 2 is 1.31 bits per heavy atom. The lowest BCUT2D eigenvalue weighted by molar-refractivity contribution is 0.363. The molecule has 0 radical (unpaired) electrons. The summed E-state index contributed by atoms with van der Waals surface area (Å²) in [6, 6.07) is 0.733. The predicted molar refractivity (Wildman–Crippen MR) is 64.4 cm³/mol. The third kappa shape index (κ3) is 1.95. The zero-order valence-electron chi connectivity index (χ0n) is 8.26. The van der Waals surface area contributed by atoms with Gasteiger partial charge in [0.05, 0.1) is 0 Å². The van der Waals surface area contributed by atoms with Crippen molar-refractivity contribution < 1.29 is 0 Å². The summed E-state index contributed by atoms with van der Waals surface area (Å²) in [5, 5.41) is 0. The van der Waals surface area contributed by atoms with Crippen LogP contribution in [0.15, 0.2) is 0 Å². The van der Waals surface area contributed by atoms with Crippen LogP contribution in [0.4, 0.5) is 0 Å². The zero-order valence-corrected chi connectivity index (χ0v) is 12.7. The van der Waals surface area contributed by atoms with Crippen LogP contribution in [-0.2, 0) is 0 Å². The first-order valence-corrected chi connectivity index (χ1v) is 11.1. The second-order valence-corrected chi connectivity index (χ2v) is 13.6. The molecule has 1 heterocycles. The van der Waals surface area contributed by atoms with Gasteiger partial charge < -0.3 is 0 Å². The van der Waals surface area contributed by atoms with Gasteiger partial charge in [-0.3, -0.25) is 8.46 Å². The van der Waals surface area contributed by atoms with E-state index in [9.17, 15) is 0 Å². The molecule has 1 saturated heterocycles. The molecule has 0 bridgehead atoms. The Labute approximate surface area is 96.8 Å². The second-order valence-electron chi connectivity index (χ2n) is 3.82. The van der Waals surface area contributed by atoms with Crippen molar-refractivity contribution in [3.8, 4) is 0 Å². The smallest absolute Gasteiger partial charge is 0.285 e. The Kier molecular flexibility index (Phi) is 3.78. The molecule has 1 aliphatic rings. The highest BCUT2D eigenvalue weighted by atomic mass is 35.7. The molecule has 0 aromatic carbocycles. The SMILES string of the molecule is CC(C)N1[SiH](Cl)N(C(C)C)[Si]1(Cl)Cl. The van der Waals surface area contributed by atoms with Crippen molar-refractivity contribution >= 4 is 48.7 Å². The van der Waals surface area contributed by atoms with E-state index in [1.165, 1.54) is 0 Å². The fraction of sp³-hybridized carbons (Fsp3) is 1.00. The molecule has 0 saturated carbocycles. The summed E-state index contributed by atoms with van der Waals surface area (Å²) in [7, 11) is -3.86. The average molecular weight is 278 g/mol. The van der Waals surface area contributed by atoms with Gasteiger partial charge in [0.1, 0.15) is 0 Å². The van der Waals surface area contributed by atoms with Crippen LogP contribution in [0, 0.1) is 0 Å². The fourth-order valence-corrected chi connectivity index (χ4v) is 18.5. The normalized spacial score (nSPS) is 25.6. The maximum absolute atomic E-state index is 6.33. The first-order chi connectivity index (χ1) is 5.80. The van der Waals surface area contributed by atoms with Crippen LogP contribution in [0.3, 0.4) is 0 Å². The molecule has 13 heavy (non-hydrogen) atoms. The van der Waals surface area contributed by atoms with Crippen molar-refractivity contribution in [2.75, 3.05) is 0 Å². The summed E-state index contributed by atoms with van der Waals surface area (Å²) >= 11 is 19.0. The first-order valence-electron chi connectivity index (χ1n) is 4.39. The van der Waals surface area contributed by atoms with Crippen LogP contribution in [0.5, 0.6) is 0 Å². The number of rotatable bonds is 2. The van der Waals surface area contributed by atoms with Gasteiger partial charge in [-0.15, -0.1) is 33.2 Å². The molecular formula is C6H15Cl3N2Si2. The summed E-state index contributed by atoms with van der Waals surface area (Å²) in [6.45, 7) is 8.36. The van der Waals surface area contributed by atoms with Gasteiger partial charge in [-0.2, -0.15) is 0 Å². The predicted octanol–water partition coefficient (Wildman–Crippen LogP) is 2.29. The monoisotopic (exact) mass is 276 g/mol. The van der Waals surface area contributed by atoms with Crippen molar-refractivity contribution in [1.29, 1.82) is 0 Å². The third-order valence-corrected chi connectivity index (χ3v) is 16.8. The molecule has 0 spiro atoms. The van der Waals surface area contributed by atoms with E-state index in [0.717, 1.165) is 0 Å². The molecule has 1 fully saturated rings. The van der Waals surface area contributed by atoms with Gasteiger partial charge in [-0.05, 0) is 12.1 Å². The molecule has 0 aliphatic carbocycles. The summed E-state index contributed by atoms with van der Waals surface area (Å²) in [5.74, 6) is 0. The van der Waals surface area contributed by atoms with E-state index in [1.54, 1.807) is 0 Å². The van der Waals surface area contributed by atoms with Crippen molar-refractivity contribution in [2.24, 2.45) is 0 Å². The maximum atomic E-state index is 6.33. The van der Waals surface area contributed by atoms with Gasteiger partial charge in [-0.1, -0.05) is 27.7 Å². The lowest BCUT2D eigenvalue weighted by Gasteiger charge is -2.58. The Morgan fingerprint density at radius 1 is 1.00 bits per heavy atom. The molecule has 7 heteroatoms. The van der Waals surface area contributed by atoms with Crippen LogP contribution in [0.25, 0.3) is 0 Å². The number of nitrogens with zero attached hydrogens (tertiary/aromatic N) is 2. The van der Waals surface area contributed by atoms with Crippen LogP contribution >= 0.6 is 33.2 Å². The highest BCUT2D eigenvalue weighted by Crippen LogP contribution is 2.41. The highest BCUT2D eigenvalue weighted by molar-refractivity contribution is 7.51. The summed E-state index contributed by atoms with van der Waals surface area (Å²) in [6.07, 6.45) is 0. The van der Waals surface area contributed by atoms with Gasteiger partial charge >= 0.3 is 7.02 Å². The molecule has 0 amide bonds. The van der Waals surface area contributed by atoms with Crippen LogP contribution in [-0.4, -0.2) is 36.0 Å². The van der Waals surface area contributed by atoms with Gasteiger partial charge in [0, 0.05) is 0 Å². The third-order valence-electron chi connectivity index (χ3n) is 2.19. The molecule has 1 rings (SSSR count). The Morgan fingerprint density at radius 3 is 1.46 bits per heavy atom. The summed E-state index contributed by atoms with van der Waals surface area (Å²) in [4.78, 5) is 0. The van der Waals surface area contributed by atoms with E-state index in [0.29, 0.717) is 12.1 Å². The van der Waals surface area contributed by atoms with Crippen molar-refractivity contribution in [1.82, 2.24) is 8.46 Å². The Hall–Kier alpha value is 1.22. The zero-order chi connectivity index (χ0) is 10.4. The van der Waals surface area contributed by atoms with Gasteiger partial charge in [-0.25, -0.2) is 0 Å². The van der Waals surface area contributed by atoms with Gasteiger partial charge in [0.25, 0.3) is 8.43 Å². The first kappa shape index (κ1) is 12.3. The molecule has 0 unspecified atom stereocenters. The van der Waals surface area contributed by atoms with Gasteiger partial charge in [0.15, 0.2) is 0 Å². The Balaban J connectivity index is 2.76. The molecule has 0 atom stereocenters. The lowest BCUT2D eigenvalue weighted by atomic mass is 10.4. The van der Waals surface area contributed by atoms with E-state index in [1.807, 2.05) is 0 Å². The van der Waals surface area contributed by atoms with E-state index < -0.39 is 15.4 Å². The minimum atomic E-state index is -2.36. The molecule has 2 nitrogen and oxygen atoms in total. The fourth-order valence-electron chi connectivity index (χ4n) is 1.58. The molecule has 0 N–H and O–H groups in total. The van der Waals surface area contributed by atoms with Crippen LogP contribution in [0.1, 0.15) is 27.7 Å². The standard InChI is InChI=1S/C6H15Cl3N2Si2/c1-5(2)10-12(7)11(6(3)4)13(10,8)9/h5-6,12H,1-4H3. The van der Waals surface area contributed by atoms with Crippen molar-refractivity contribution in [2.45, 2.75) is 39.8 Å². The number of halogens is 3. The minimum Gasteiger partial charge on any atom is -0.285 e. The molecule has 1 aliphatic heterocycles. The number of hydrogen-bond donors (Lipinski definition) is 0. The van der Waals surface area contributed by atoms with Crippen LogP contribution in [0.2, 0.25) is 0 Å². The second kappa shape index (κ2) is 4.00. The lowest BCUT2D eigenvalue weighted by Crippen LogP contribution is -2.82. The van der Waals surface area contributed by atoms with Crippen molar-refractivity contribution in [3.63, 3.8) is 0 Å². The van der Waals surface area contributed by atoms with E-state index in [-0.39, 0.29) is 0 Å². The Bertz CT molecular complexity index is 182. The van der Waals surface area contributed by atoms with E-state index >= 15 is 0 Å². The van der Waals surface area contributed by atoms with Crippen LogP contribution < -0.4 is 0 Å². The van der Waals surface area contributed by atoms with E-state index in [2.05, 4.69) is 36.2 Å². The van der Waals surface area contributed by atoms with Gasteiger partial charge in [0.2, 0.25) is 0 Å². The molecule has 0 aromatic heterocycles. The number of hydrogen-bond acceptors (Lipinski definition) is 2. The molecular weight excluding hydrogens is 263 g/mol. The highest BCUT2D eigenvalue weighted by Gasteiger charge is 2.62. The average Bonchev–Trinajstić information content (AvgIpc) is 1.81. The topological polar surface area (TPSA) is 6.48 Å². The summed E-state index contributed by atoms with van der Waals surface area (Å²) in [5.41, 5.74) is 0.